The number of hydrogen-bond acceptors (Lipinski definition) is 5. The lowest BCUT2D eigenvalue weighted by Crippen LogP contribution is -2.52. The Morgan fingerprint density at radius 1 is 1.11 bits per heavy atom. The van der Waals surface area contributed by atoms with E-state index >= 15 is 0 Å². The van der Waals surface area contributed by atoms with Gasteiger partial charge in [0.1, 0.15) is 0 Å². The molecule has 2 aliphatic rings. The van der Waals surface area contributed by atoms with Crippen LogP contribution in [0.5, 0.6) is 0 Å². The van der Waals surface area contributed by atoms with Gasteiger partial charge in [-0.3, -0.25) is 9.11 Å². The van der Waals surface area contributed by atoms with Crippen molar-refractivity contribution in [2.24, 2.45) is 5.92 Å². The van der Waals surface area contributed by atoms with Crippen LogP contribution in [0, 0.1) is 12.8 Å². The smallest absolute Gasteiger partial charge is 0.338 e. The molecule has 2 aromatic rings. The molecule has 3 atom stereocenters. The van der Waals surface area contributed by atoms with Crippen LogP contribution in [0.15, 0.2) is 42.5 Å². The number of carbonyl (C=O) groups excluding carboxylic acids is 1. The molecule has 1 saturated carbocycles. The molecule has 4 rings (SSSR count). The lowest BCUT2D eigenvalue weighted by molar-refractivity contribution is 0.00930. The topological polar surface area (TPSA) is 55.8 Å². The number of aryl methyl sites for hydroxylation is 1. The fraction of sp³-hybridized carbons (Fsp3) is 0.552. The molecule has 1 aliphatic carbocycles. The Morgan fingerprint density at radius 2 is 1.89 bits per heavy atom. The Kier molecular flexibility index (Phi) is 9.15. The van der Waals surface area contributed by atoms with Crippen molar-refractivity contribution in [2.75, 3.05) is 31.7 Å². The zero-order chi connectivity index (χ0) is 24.8. The van der Waals surface area contributed by atoms with Crippen molar-refractivity contribution in [1.82, 2.24) is 4.90 Å². The van der Waals surface area contributed by atoms with Crippen molar-refractivity contribution >= 4 is 16.8 Å². The number of hydrogen-bond donors (Lipinski definition) is 0. The summed E-state index contributed by atoms with van der Waals surface area (Å²) in [6.45, 7) is 6.43. The van der Waals surface area contributed by atoms with Gasteiger partial charge >= 0.3 is 5.97 Å². The van der Waals surface area contributed by atoms with Gasteiger partial charge in [-0.2, -0.15) is 0 Å². The molecular formula is C29H39NO4S. The van der Waals surface area contributed by atoms with Crippen LogP contribution in [-0.2, 0) is 26.9 Å². The molecule has 35 heavy (non-hydrogen) atoms. The van der Waals surface area contributed by atoms with Crippen LogP contribution in [0.1, 0.15) is 60.5 Å². The van der Waals surface area contributed by atoms with E-state index in [-0.39, 0.29) is 12.1 Å². The molecule has 6 heteroatoms. The maximum absolute atomic E-state index is 12.4. The van der Waals surface area contributed by atoms with Gasteiger partial charge in [0.25, 0.3) is 0 Å². The summed E-state index contributed by atoms with van der Waals surface area (Å²) >= 11 is 0. The van der Waals surface area contributed by atoms with Crippen LogP contribution < -0.4 is 0 Å². The standard InChI is InChI=1S/C29H39NO4S/c1-21-9-7-8-12-25(21)27-17-23(13-14-26(27)29(31)33-3)19-34-22(2)18-30-15-16-35(32)20-28(30)24-10-5-4-6-11-24/h7-9,12-14,17,22,24,28H,4-6,10-11,15-16,18-20H2,1-3H3. The van der Waals surface area contributed by atoms with E-state index in [4.69, 9.17) is 9.47 Å². The first-order valence-corrected chi connectivity index (χ1v) is 14.4. The second kappa shape index (κ2) is 12.3. The quantitative estimate of drug-likeness (QED) is 0.459. The molecule has 1 heterocycles. The minimum absolute atomic E-state index is 0.0646. The van der Waals surface area contributed by atoms with E-state index in [9.17, 15) is 9.00 Å². The average Bonchev–Trinajstić information content (AvgIpc) is 2.88. The lowest BCUT2D eigenvalue weighted by atomic mass is 9.83. The van der Waals surface area contributed by atoms with E-state index in [1.54, 1.807) is 0 Å². The van der Waals surface area contributed by atoms with Crippen molar-refractivity contribution in [3.8, 4) is 11.1 Å². The summed E-state index contributed by atoms with van der Waals surface area (Å²) in [4.78, 5) is 15.0. The number of benzene rings is 2. The summed E-state index contributed by atoms with van der Waals surface area (Å²) in [6.07, 6.45) is 6.54. The van der Waals surface area contributed by atoms with E-state index in [0.717, 1.165) is 46.8 Å². The van der Waals surface area contributed by atoms with Gasteiger partial charge in [-0.15, -0.1) is 0 Å². The zero-order valence-electron chi connectivity index (χ0n) is 21.3. The normalized spacial score (nSPS) is 22.6. The largest absolute Gasteiger partial charge is 0.465 e. The number of carbonyl (C=O) groups is 1. The number of methoxy groups -OCH3 is 1. The number of esters is 1. The highest BCUT2D eigenvalue weighted by Gasteiger charge is 2.34. The predicted octanol–water partition coefficient (Wildman–Crippen LogP) is 5.37. The van der Waals surface area contributed by atoms with Gasteiger partial charge in [-0.05, 0) is 67.0 Å². The fourth-order valence-corrected chi connectivity index (χ4v) is 7.10. The van der Waals surface area contributed by atoms with Gasteiger partial charge in [-0.25, -0.2) is 4.79 Å². The highest BCUT2D eigenvalue weighted by molar-refractivity contribution is 7.85. The van der Waals surface area contributed by atoms with Gasteiger partial charge in [0.05, 0.1) is 25.4 Å². The molecule has 2 aromatic carbocycles. The predicted molar refractivity (Wildman–Crippen MR) is 142 cm³/mol. The summed E-state index contributed by atoms with van der Waals surface area (Å²) in [6, 6.07) is 14.3. The van der Waals surface area contributed by atoms with E-state index in [2.05, 4.69) is 30.9 Å². The third kappa shape index (κ3) is 6.60. The van der Waals surface area contributed by atoms with Crippen molar-refractivity contribution in [1.29, 1.82) is 0 Å². The van der Waals surface area contributed by atoms with Crippen LogP contribution in [0.4, 0.5) is 0 Å². The molecule has 0 N–H and O–H groups in total. The summed E-state index contributed by atoms with van der Waals surface area (Å²) in [5.74, 6) is 1.92. The molecule has 0 radical (unpaired) electrons. The van der Waals surface area contributed by atoms with E-state index in [1.165, 1.54) is 39.2 Å². The summed E-state index contributed by atoms with van der Waals surface area (Å²) < 4.78 is 23.7. The van der Waals surface area contributed by atoms with Gasteiger partial charge in [0.2, 0.25) is 0 Å². The maximum Gasteiger partial charge on any atom is 0.338 e. The maximum atomic E-state index is 12.4. The molecular weight excluding hydrogens is 458 g/mol. The Labute approximate surface area is 212 Å². The Bertz CT molecular complexity index is 1030. The van der Waals surface area contributed by atoms with Crippen molar-refractivity contribution in [3.05, 3.63) is 59.2 Å². The molecule has 1 saturated heterocycles. The first-order valence-electron chi connectivity index (χ1n) is 12.9. The highest BCUT2D eigenvalue weighted by atomic mass is 32.2. The molecule has 2 fully saturated rings. The van der Waals surface area contributed by atoms with E-state index < -0.39 is 10.8 Å². The molecule has 5 nitrogen and oxygen atoms in total. The Morgan fingerprint density at radius 3 is 2.63 bits per heavy atom. The summed E-state index contributed by atoms with van der Waals surface area (Å²) in [5, 5.41) is 0. The molecule has 3 unspecified atom stereocenters. The van der Waals surface area contributed by atoms with Crippen molar-refractivity contribution in [3.63, 3.8) is 0 Å². The second-order valence-corrected chi connectivity index (χ2v) is 11.7. The summed E-state index contributed by atoms with van der Waals surface area (Å²) in [7, 11) is 0.725. The Hall–Kier alpha value is -2.02. The van der Waals surface area contributed by atoms with Crippen LogP contribution in [0.2, 0.25) is 0 Å². The van der Waals surface area contributed by atoms with Gasteiger partial charge in [-0.1, -0.05) is 49.6 Å². The van der Waals surface area contributed by atoms with Crippen LogP contribution >= 0.6 is 0 Å². The third-order valence-electron chi connectivity index (χ3n) is 7.58. The fourth-order valence-electron chi connectivity index (χ4n) is 5.63. The van der Waals surface area contributed by atoms with Gasteiger partial charge in [0.15, 0.2) is 0 Å². The van der Waals surface area contributed by atoms with E-state index in [1.807, 2.05) is 30.3 Å². The summed E-state index contributed by atoms with van der Waals surface area (Å²) in [5.41, 5.74) is 4.61. The first kappa shape index (κ1) is 26.1. The molecule has 0 spiro atoms. The van der Waals surface area contributed by atoms with Crippen molar-refractivity contribution in [2.45, 2.75) is 64.7 Å². The van der Waals surface area contributed by atoms with Crippen LogP contribution in [-0.4, -0.2) is 58.9 Å². The molecule has 1 aliphatic heterocycles. The third-order valence-corrected chi connectivity index (χ3v) is 8.93. The van der Waals surface area contributed by atoms with Crippen LogP contribution in [0.25, 0.3) is 11.1 Å². The number of ether oxygens (including phenoxy) is 2. The lowest BCUT2D eigenvalue weighted by Gasteiger charge is -2.42. The molecule has 190 valence electrons. The highest BCUT2D eigenvalue weighted by Crippen LogP contribution is 2.32. The van der Waals surface area contributed by atoms with Crippen LogP contribution in [0.3, 0.4) is 0 Å². The Balaban J connectivity index is 1.44. The SMILES string of the molecule is COC(=O)c1ccc(COC(C)CN2CCS(=O)CC2C2CCCCC2)cc1-c1ccccc1C. The minimum Gasteiger partial charge on any atom is -0.465 e. The number of rotatable bonds is 8. The minimum atomic E-state index is -0.691. The van der Waals surface area contributed by atoms with E-state index in [0.29, 0.717) is 24.1 Å². The first-order chi connectivity index (χ1) is 17.0. The molecule has 0 bridgehead atoms. The average molecular weight is 498 g/mol. The monoisotopic (exact) mass is 497 g/mol. The zero-order valence-corrected chi connectivity index (χ0v) is 22.1. The second-order valence-electron chi connectivity index (χ2n) is 10.1. The van der Waals surface area contributed by atoms with Crippen molar-refractivity contribution < 1.29 is 18.5 Å². The van der Waals surface area contributed by atoms with Gasteiger partial charge < -0.3 is 9.47 Å². The number of nitrogens with zero attached hydrogens (tertiary/aromatic N) is 1. The molecule has 0 aromatic heterocycles. The molecule has 0 amide bonds. The van der Waals surface area contributed by atoms with Gasteiger partial charge in [0, 0.05) is 41.4 Å².